The molecule has 1 fully saturated rings. The zero-order valence-electron chi connectivity index (χ0n) is 10.6. The molecule has 2 aromatic carbocycles. The molecule has 0 spiro atoms. The highest BCUT2D eigenvalue weighted by molar-refractivity contribution is 9.10. The van der Waals surface area contributed by atoms with Gasteiger partial charge >= 0.3 is 0 Å². The summed E-state index contributed by atoms with van der Waals surface area (Å²) in [6.07, 6.45) is 1.32. The molecule has 0 heterocycles. The van der Waals surface area contributed by atoms with E-state index in [9.17, 15) is 0 Å². The number of benzene rings is 2. The summed E-state index contributed by atoms with van der Waals surface area (Å²) in [6, 6.07) is 19.7. The molecule has 0 aromatic heterocycles. The van der Waals surface area contributed by atoms with E-state index in [0.29, 0.717) is 5.92 Å². The van der Waals surface area contributed by atoms with Gasteiger partial charge in [0.15, 0.2) is 0 Å². The van der Waals surface area contributed by atoms with E-state index in [1.807, 2.05) is 0 Å². The molecule has 0 N–H and O–H groups in total. The summed E-state index contributed by atoms with van der Waals surface area (Å²) in [5, 5.41) is 1.04. The lowest BCUT2D eigenvalue weighted by Gasteiger charge is -2.15. The standard InChI is InChI=1S/C17H16Br2/c18-11-17(13-6-8-14(19)9-7-13)16-10-15(16)12-4-2-1-3-5-12/h1-9,15-17H,10-11H2. The Kier molecular flexibility index (Phi) is 4.09. The average Bonchev–Trinajstić information content (AvgIpc) is 3.23. The van der Waals surface area contributed by atoms with Gasteiger partial charge in [0.25, 0.3) is 0 Å². The van der Waals surface area contributed by atoms with Gasteiger partial charge < -0.3 is 0 Å². The lowest BCUT2D eigenvalue weighted by Crippen LogP contribution is -2.04. The Hall–Kier alpha value is -0.600. The average molecular weight is 380 g/mol. The largest absolute Gasteiger partial charge is 0.0921 e. The van der Waals surface area contributed by atoms with E-state index in [-0.39, 0.29) is 0 Å². The maximum absolute atomic E-state index is 3.70. The monoisotopic (exact) mass is 378 g/mol. The van der Waals surface area contributed by atoms with Crippen LogP contribution in [0.25, 0.3) is 0 Å². The predicted octanol–water partition coefficient (Wildman–Crippen LogP) is 5.73. The second-order valence-electron chi connectivity index (χ2n) is 5.23. The van der Waals surface area contributed by atoms with Gasteiger partial charge in [-0.2, -0.15) is 0 Å². The molecule has 1 aliphatic rings. The quantitative estimate of drug-likeness (QED) is 0.595. The van der Waals surface area contributed by atoms with Gasteiger partial charge in [-0.25, -0.2) is 0 Å². The summed E-state index contributed by atoms with van der Waals surface area (Å²) in [4.78, 5) is 0. The Balaban J connectivity index is 1.77. The van der Waals surface area contributed by atoms with Gasteiger partial charge in [-0.3, -0.25) is 0 Å². The first-order chi connectivity index (χ1) is 9.29. The molecule has 98 valence electrons. The van der Waals surface area contributed by atoms with Gasteiger partial charge in [0.2, 0.25) is 0 Å². The maximum Gasteiger partial charge on any atom is 0.0175 e. The predicted molar refractivity (Wildman–Crippen MR) is 88.0 cm³/mol. The minimum Gasteiger partial charge on any atom is -0.0921 e. The fourth-order valence-electron chi connectivity index (χ4n) is 2.90. The van der Waals surface area contributed by atoms with E-state index >= 15 is 0 Å². The fraction of sp³-hybridized carbons (Fsp3) is 0.294. The maximum atomic E-state index is 3.70. The van der Waals surface area contributed by atoms with Crippen molar-refractivity contribution in [3.05, 3.63) is 70.2 Å². The highest BCUT2D eigenvalue weighted by Gasteiger charge is 2.43. The first-order valence-electron chi connectivity index (χ1n) is 6.66. The van der Waals surface area contributed by atoms with Crippen LogP contribution in [0, 0.1) is 5.92 Å². The number of hydrogen-bond donors (Lipinski definition) is 0. The van der Waals surface area contributed by atoms with Crippen molar-refractivity contribution in [1.82, 2.24) is 0 Å². The Morgan fingerprint density at radius 3 is 2.32 bits per heavy atom. The summed E-state index contributed by atoms with van der Waals surface area (Å²) in [5.41, 5.74) is 2.94. The minimum absolute atomic E-state index is 0.623. The smallest absolute Gasteiger partial charge is 0.0175 e. The third-order valence-electron chi connectivity index (χ3n) is 4.05. The van der Waals surface area contributed by atoms with Crippen LogP contribution >= 0.6 is 31.9 Å². The van der Waals surface area contributed by atoms with Gasteiger partial charge in [-0.15, -0.1) is 0 Å². The Labute approximate surface area is 131 Å². The normalized spacial score (nSPS) is 23.1. The molecule has 0 aliphatic heterocycles. The molecule has 3 atom stereocenters. The molecule has 0 amide bonds. The van der Waals surface area contributed by atoms with Crippen molar-refractivity contribution in [1.29, 1.82) is 0 Å². The highest BCUT2D eigenvalue weighted by atomic mass is 79.9. The van der Waals surface area contributed by atoms with E-state index in [4.69, 9.17) is 0 Å². The van der Waals surface area contributed by atoms with E-state index in [2.05, 4.69) is 86.5 Å². The topological polar surface area (TPSA) is 0 Å². The summed E-state index contributed by atoms with van der Waals surface area (Å²) in [6.45, 7) is 0. The molecule has 0 bridgehead atoms. The Morgan fingerprint density at radius 1 is 1.00 bits per heavy atom. The molecule has 1 aliphatic carbocycles. The molecular weight excluding hydrogens is 364 g/mol. The summed E-state index contributed by atoms with van der Waals surface area (Å²) < 4.78 is 1.15. The highest BCUT2D eigenvalue weighted by Crippen LogP contribution is 2.55. The van der Waals surface area contributed by atoms with E-state index in [1.165, 1.54) is 17.5 Å². The minimum atomic E-state index is 0.623. The van der Waals surface area contributed by atoms with Crippen molar-refractivity contribution in [2.24, 2.45) is 5.92 Å². The molecule has 3 rings (SSSR count). The van der Waals surface area contributed by atoms with Crippen molar-refractivity contribution in [2.75, 3.05) is 5.33 Å². The Morgan fingerprint density at radius 2 is 1.68 bits per heavy atom. The second-order valence-corrected chi connectivity index (χ2v) is 6.79. The van der Waals surface area contributed by atoms with Crippen LogP contribution in [0.4, 0.5) is 0 Å². The van der Waals surface area contributed by atoms with Crippen LogP contribution in [0.1, 0.15) is 29.4 Å². The number of hydrogen-bond acceptors (Lipinski definition) is 0. The molecule has 0 saturated heterocycles. The molecule has 2 heteroatoms. The van der Waals surface area contributed by atoms with E-state index in [1.54, 1.807) is 0 Å². The van der Waals surface area contributed by atoms with Crippen LogP contribution < -0.4 is 0 Å². The van der Waals surface area contributed by atoms with Crippen LogP contribution in [-0.4, -0.2) is 5.33 Å². The van der Waals surface area contributed by atoms with Crippen LogP contribution in [0.3, 0.4) is 0 Å². The first-order valence-corrected chi connectivity index (χ1v) is 8.57. The summed E-state index contributed by atoms with van der Waals surface area (Å²) >= 11 is 7.21. The fourth-order valence-corrected chi connectivity index (χ4v) is 4.02. The molecule has 0 radical (unpaired) electrons. The lowest BCUT2D eigenvalue weighted by molar-refractivity contribution is 0.656. The van der Waals surface area contributed by atoms with Crippen molar-refractivity contribution in [2.45, 2.75) is 18.3 Å². The van der Waals surface area contributed by atoms with Crippen LogP contribution in [-0.2, 0) is 0 Å². The number of halogens is 2. The lowest BCUT2D eigenvalue weighted by atomic mass is 9.93. The van der Waals surface area contributed by atoms with Crippen molar-refractivity contribution < 1.29 is 0 Å². The molecule has 19 heavy (non-hydrogen) atoms. The molecule has 1 saturated carbocycles. The second kappa shape index (κ2) is 5.80. The molecular formula is C17H16Br2. The van der Waals surface area contributed by atoms with E-state index < -0.39 is 0 Å². The third-order valence-corrected chi connectivity index (χ3v) is 5.27. The van der Waals surface area contributed by atoms with Gasteiger partial charge in [0, 0.05) is 9.80 Å². The number of alkyl halides is 1. The van der Waals surface area contributed by atoms with Crippen molar-refractivity contribution >= 4 is 31.9 Å². The summed E-state index contributed by atoms with van der Waals surface area (Å²) in [5.74, 6) is 2.15. The van der Waals surface area contributed by atoms with E-state index in [0.717, 1.165) is 21.6 Å². The zero-order valence-corrected chi connectivity index (χ0v) is 13.8. The first kappa shape index (κ1) is 13.4. The molecule has 3 unspecified atom stereocenters. The Bertz CT molecular complexity index is 533. The van der Waals surface area contributed by atoms with Gasteiger partial charge in [0.1, 0.15) is 0 Å². The molecule has 0 nitrogen and oxygen atoms in total. The van der Waals surface area contributed by atoms with Crippen LogP contribution in [0.15, 0.2) is 59.1 Å². The van der Waals surface area contributed by atoms with Gasteiger partial charge in [-0.1, -0.05) is 74.3 Å². The van der Waals surface area contributed by atoms with Crippen molar-refractivity contribution in [3.8, 4) is 0 Å². The van der Waals surface area contributed by atoms with Crippen LogP contribution in [0.5, 0.6) is 0 Å². The molecule has 2 aromatic rings. The van der Waals surface area contributed by atoms with Crippen LogP contribution in [0.2, 0.25) is 0 Å². The summed E-state index contributed by atoms with van der Waals surface area (Å²) in [7, 11) is 0. The number of rotatable bonds is 4. The SMILES string of the molecule is BrCC(c1ccc(Br)cc1)C1CC1c1ccccc1. The third kappa shape index (κ3) is 2.95. The van der Waals surface area contributed by atoms with Gasteiger partial charge in [0.05, 0.1) is 0 Å². The zero-order chi connectivity index (χ0) is 13.2. The van der Waals surface area contributed by atoms with Gasteiger partial charge in [-0.05, 0) is 47.4 Å². The van der Waals surface area contributed by atoms with Crippen molar-refractivity contribution in [3.63, 3.8) is 0 Å².